The van der Waals surface area contributed by atoms with Gasteiger partial charge in [0.15, 0.2) is 0 Å². The molecule has 0 aliphatic heterocycles. The molecular weight excluding hydrogens is 378 g/mol. The molecular formula is C13H13Br2NOS. The van der Waals surface area contributed by atoms with Crippen LogP contribution in [0.2, 0.25) is 0 Å². The average Bonchev–Trinajstić information content (AvgIpc) is 2.73. The summed E-state index contributed by atoms with van der Waals surface area (Å²) in [4.78, 5) is 1.18. The molecule has 1 aromatic heterocycles. The summed E-state index contributed by atoms with van der Waals surface area (Å²) >= 11 is 8.66. The third-order valence-corrected chi connectivity index (χ3v) is 4.93. The van der Waals surface area contributed by atoms with Gasteiger partial charge in [-0.1, -0.05) is 15.9 Å². The molecule has 0 atom stereocenters. The molecule has 1 aromatic carbocycles. The summed E-state index contributed by atoms with van der Waals surface area (Å²) in [7, 11) is 0. The van der Waals surface area contributed by atoms with Crippen molar-refractivity contribution in [3.63, 3.8) is 0 Å². The van der Waals surface area contributed by atoms with Crippen LogP contribution in [0.4, 0.5) is 0 Å². The van der Waals surface area contributed by atoms with Crippen molar-refractivity contribution in [3.05, 3.63) is 48.5 Å². The fourth-order valence-corrected chi connectivity index (χ4v) is 3.72. The molecule has 2 aromatic rings. The minimum Gasteiger partial charge on any atom is -0.487 e. The average molecular weight is 391 g/mol. The predicted molar refractivity (Wildman–Crippen MR) is 83.1 cm³/mol. The topological polar surface area (TPSA) is 35.2 Å². The molecule has 5 heteroatoms. The number of ether oxygens (including phenoxy) is 1. The molecule has 2 nitrogen and oxygen atoms in total. The van der Waals surface area contributed by atoms with Crippen LogP contribution in [-0.2, 0) is 13.2 Å². The Morgan fingerprint density at radius 1 is 1.33 bits per heavy atom. The lowest BCUT2D eigenvalue weighted by molar-refractivity contribution is 0.303. The second-order valence-electron chi connectivity index (χ2n) is 3.90. The maximum Gasteiger partial charge on any atom is 0.127 e. The van der Waals surface area contributed by atoms with Gasteiger partial charge in [-0.15, -0.1) is 11.3 Å². The molecule has 0 saturated heterocycles. The summed E-state index contributed by atoms with van der Waals surface area (Å²) in [5, 5.41) is 2.04. The number of hydrogen-bond donors (Lipinski definition) is 1. The molecule has 0 radical (unpaired) electrons. The van der Waals surface area contributed by atoms with Crippen LogP contribution in [-0.4, -0.2) is 0 Å². The highest BCUT2D eigenvalue weighted by atomic mass is 79.9. The number of thiophene rings is 1. The van der Waals surface area contributed by atoms with Crippen LogP contribution in [0.5, 0.6) is 5.75 Å². The van der Waals surface area contributed by atoms with Crippen LogP contribution in [0.15, 0.2) is 32.5 Å². The Kier molecular flexibility index (Phi) is 4.84. The Morgan fingerprint density at radius 3 is 2.72 bits per heavy atom. The normalized spacial score (nSPS) is 10.7. The molecule has 0 fully saturated rings. The first kappa shape index (κ1) is 14.1. The number of nitrogens with two attached hydrogens (primary N) is 1. The van der Waals surface area contributed by atoms with Crippen LogP contribution in [0.25, 0.3) is 0 Å². The van der Waals surface area contributed by atoms with Gasteiger partial charge in [0.25, 0.3) is 0 Å². The van der Waals surface area contributed by atoms with Crippen LogP contribution < -0.4 is 10.5 Å². The van der Waals surface area contributed by atoms with Gasteiger partial charge < -0.3 is 10.5 Å². The zero-order valence-corrected chi connectivity index (χ0v) is 13.9. The first-order valence-electron chi connectivity index (χ1n) is 5.45. The van der Waals surface area contributed by atoms with Gasteiger partial charge in [-0.2, -0.15) is 0 Å². The number of benzene rings is 1. The van der Waals surface area contributed by atoms with E-state index in [0.29, 0.717) is 13.2 Å². The Labute approximate surface area is 127 Å². The summed E-state index contributed by atoms with van der Waals surface area (Å²) in [5.74, 6) is 0.890. The summed E-state index contributed by atoms with van der Waals surface area (Å²) in [5.41, 5.74) is 7.88. The highest BCUT2D eigenvalue weighted by Crippen LogP contribution is 2.30. The third-order valence-electron chi connectivity index (χ3n) is 2.57. The van der Waals surface area contributed by atoms with Crippen LogP contribution in [0.3, 0.4) is 0 Å². The van der Waals surface area contributed by atoms with Gasteiger partial charge in [-0.3, -0.25) is 0 Å². The SMILES string of the molecule is Cc1cc(Br)cc(CN)c1OCc1sccc1Br. The molecule has 0 aliphatic rings. The summed E-state index contributed by atoms with van der Waals surface area (Å²) in [6.45, 7) is 3.07. The Bertz CT molecular complexity index is 554. The van der Waals surface area contributed by atoms with Gasteiger partial charge in [0, 0.05) is 21.1 Å². The van der Waals surface area contributed by atoms with Crippen molar-refractivity contribution < 1.29 is 4.74 Å². The predicted octanol–water partition coefficient (Wildman–Crippen LogP) is 4.62. The van der Waals surface area contributed by atoms with E-state index >= 15 is 0 Å². The van der Waals surface area contributed by atoms with E-state index in [0.717, 1.165) is 25.8 Å². The van der Waals surface area contributed by atoms with Gasteiger partial charge in [0.1, 0.15) is 12.4 Å². The van der Waals surface area contributed by atoms with Gasteiger partial charge in [0.05, 0.1) is 4.88 Å². The number of halogens is 2. The summed E-state index contributed by atoms with van der Waals surface area (Å²) in [6, 6.07) is 6.07. The van der Waals surface area contributed by atoms with Crippen molar-refractivity contribution >= 4 is 43.2 Å². The van der Waals surface area contributed by atoms with E-state index in [2.05, 4.69) is 31.9 Å². The second kappa shape index (κ2) is 6.19. The van der Waals surface area contributed by atoms with E-state index in [-0.39, 0.29) is 0 Å². The van der Waals surface area contributed by atoms with E-state index < -0.39 is 0 Å². The lowest BCUT2D eigenvalue weighted by atomic mass is 10.1. The first-order valence-corrected chi connectivity index (χ1v) is 7.92. The molecule has 0 bridgehead atoms. The quantitative estimate of drug-likeness (QED) is 0.826. The molecule has 1 heterocycles. The fraction of sp³-hybridized carbons (Fsp3) is 0.231. The van der Waals surface area contributed by atoms with Crippen LogP contribution in [0, 0.1) is 6.92 Å². The van der Waals surface area contributed by atoms with E-state index in [1.54, 1.807) is 11.3 Å². The Hall–Kier alpha value is -0.360. The van der Waals surface area contributed by atoms with Gasteiger partial charge in [-0.25, -0.2) is 0 Å². The number of aryl methyl sites for hydroxylation is 1. The molecule has 0 spiro atoms. The van der Waals surface area contributed by atoms with Crippen LogP contribution in [0.1, 0.15) is 16.0 Å². The van der Waals surface area contributed by atoms with Gasteiger partial charge in [-0.05, 0) is 52.0 Å². The van der Waals surface area contributed by atoms with Crippen molar-refractivity contribution in [2.75, 3.05) is 0 Å². The summed E-state index contributed by atoms with van der Waals surface area (Å²) in [6.07, 6.45) is 0. The molecule has 0 unspecified atom stereocenters. The highest BCUT2D eigenvalue weighted by Gasteiger charge is 2.09. The van der Waals surface area contributed by atoms with Crippen molar-refractivity contribution in [1.29, 1.82) is 0 Å². The van der Waals surface area contributed by atoms with Crippen molar-refractivity contribution in [3.8, 4) is 5.75 Å². The van der Waals surface area contributed by atoms with Crippen molar-refractivity contribution in [1.82, 2.24) is 0 Å². The van der Waals surface area contributed by atoms with Crippen LogP contribution >= 0.6 is 43.2 Å². The molecule has 0 saturated carbocycles. The monoisotopic (exact) mass is 389 g/mol. The molecule has 96 valence electrons. The fourth-order valence-electron chi connectivity index (χ4n) is 1.72. The molecule has 0 amide bonds. The minimum atomic E-state index is 0.473. The lowest BCUT2D eigenvalue weighted by Crippen LogP contribution is -2.04. The number of rotatable bonds is 4. The van der Waals surface area contributed by atoms with Crippen molar-refractivity contribution in [2.45, 2.75) is 20.1 Å². The molecule has 2 rings (SSSR count). The Morgan fingerprint density at radius 2 is 2.11 bits per heavy atom. The van der Waals surface area contributed by atoms with E-state index in [1.807, 2.05) is 30.5 Å². The van der Waals surface area contributed by atoms with Gasteiger partial charge >= 0.3 is 0 Å². The van der Waals surface area contributed by atoms with Crippen molar-refractivity contribution in [2.24, 2.45) is 5.73 Å². The zero-order chi connectivity index (χ0) is 13.1. The highest BCUT2D eigenvalue weighted by molar-refractivity contribution is 9.10. The largest absolute Gasteiger partial charge is 0.487 e. The Balaban J connectivity index is 2.21. The minimum absolute atomic E-state index is 0.473. The van der Waals surface area contributed by atoms with E-state index in [1.165, 1.54) is 4.88 Å². The zero-order valence-electron chi connectivity index (χ0n) is 9.87. The third kappa shape index (κ3) is 3.15. The van der Waals surface area contributed by atoms with E-state index in [9.17, 15) is 0 Å². The standard InChI is InChI=1S/C13H13Br2NOS/c1-8-4-10(14)5-9(6-16)13(8)17-7-12-11(15)2-3-18-12/h2-5H,6-7,16H2,1H3. The molecule has 0 aliphatic carbocycles. The smallest absolute Gasteiger partial charge is 0.127 e. The summed E-state index contributed by atoms with van der Waals surface area (Å²) < 4.78 is 8.05. The second-order valence-corrected chi connectivity index (χ2v) is 6.67. The lowest BCUT2D eigenvalue weighted by Gasteiger charge is -2.13. The van der Waals surface area contributed by atoms with E-state index in [4.69, 9.17) is 10.5 Å². The first-order chi connectivity index (χ1) is 8.61. The maximum absolute atomic E-state index is 5.92. The van der Waals surface area contributed by atoms with Gasteiger partial charge in [0.2, 0.25) is 0 Å². The molecule has 18 heavy (non-hydrogen) atoms. The molecule has 2 N–H and O–H groups in total. The maximum atomic E-state index is 5.92. The number of hydrogen-bond acceptors (Lipinski definition) is 3.